The van der Waals surface area contributed by atoms with Crippen molar-refractivity contribution in [2.24, 2.45) is 0 Å². The van der Waals surface area contributed by atoms with E-state index in [1.807, 2.05) is 33.1 Å². The highest BCUT2D eigenvalue weighted by molar-refractivity contribution is 7.61. The van der Waals surface area contributed by atoms with Crippen LogP contribution in [0.25, 0.3) is 0 Å². The molecule has 0 saturated heterocycles. The molecule has 0 fully saturated rings. The largest absolute Gasteiger partial charge is 0.375 e. The second kappa shape index (κ2) is 24.9. The lowest BCUT2D eigenvalue weighted by atomic mass is 10.2. The van der Waals surface area contributed by atoms with Crippen LogP contribution in [-0.2, 0) is 10.7 Å². The van der Waals surface area contributed by atoms with E-state index >= 15 is 0 Å². The summed E-state index contributed by atoms with van der Waals surface area (Å²) >= 11 is 4.12. The predicted molar refractivity (Wildman–Crippen MR) is 198 cm³/mol. The van der Waals surface area contributed by atoms with Crippen molar-refractivity contribution < 1.29 is 4.57 Å². The maximum Gasteiger partial charge on any atom is 0.199 e. The summed E-state index contributed by atoms with van der Waals surface area (Å²) in [7, 11) is -2.00. The fourth-order valence-corrected chi connectivity index (χ4v) is 6.11. The molecule has 44 heavy (non-hydrogen) atoms. The molecular formula is C28H62N11OPS3. The Morgan fingerprint density at radius 3 is 1.55 bits per heavy atom. The van der Waals surface area contributed by atoms with Gasteiger partial charge in [-0.15, -0.1) is 16.4 Å². The molecule has 16 heteroatoms. The van der Waals surface area contributed by atoms with Crippen molar-refractivity contribution in [2.75, 3.05) is 24.8 Å². The molecule has 258 valence electrons. The van der Waals surface area contributed by atoms with Gasteiger partial charge in [-0.2, -0.15) is 8.75 Å². The summed E-state index contributed by atoms with van der Waals surface area (Å²) in [5, 5.41) is 14.7. The minimum atomic E-state index is -2.00. The lowest BCUT2D eigenvalue weighted by Gasteiger charge is -2.01. The van der Waals surface area contributed by atoms with Crippen LogP contribution in [0.3, 0.4) is 0 Å². The summed E-state index contributed by atoms with van der Waals surface area (Å²) in [6, 6.07) is 0.366. The smallest absolute Gasteiger partial charge is 0.199 e. The van der Waals surface area contributed by atoms with E-state index in [0.29, 0.717) is 40.2 Å². The Hall–Kier alpha value is -2.35. The van der Waals surface area contributed by atoms with Crippen molar-refractivity contribution in [3.05, 3.63) is 34.1 Å². The van der Waals surface area contributed by atoms with Crippen LogP contribution in [0, 0.1) is 0 Å². The quantitative estimate of drug-likeness (QED) is 0.184. The van der Waals surface area contributed by atoms with Crippen molar-refractivity contribution in [2.45, 2.75) is 122 Å². The van der Waals surface area contributed by atoms with Crippen molar-refractivity contribution >= 4 is 51.8 Å². The van der Waals surface area contributed by atoms with E-state index in [9.17, 15) is 4.57 Å². The molecule has 0 bridgehead atoms. The van der Waals surface area contributed by atoms with Crippen molar-refractivity contribution in [1.82, 2.24) is 43.9 Å². The van der Waals surface area contributed by atoms with Crippen LogP contribution in [0.4, 0.5) is 10.3 Å². The molecular weight excluding hydrogens is 634 g/mol. The van der Waals surface area contributed by atoms with Gasteiger partial charge in [-0.1, -0.05) is 78.7 Å². The SMILES string of the molecule is C.C.C.C.C.CC(C)c1csc(N)n1.CC(C)c1nsc(CP(C)(C)=O)n1.CC(C)c1nsc(N)n1.CC(C)n1cnnn1. The number of hydrogen-bond donors (Lipinski definition) is 2. The first-order valence-corrected chi connectivity index (χ1v) is 17.7. The van der Waals surface area contributed by atoms with Gasteiger partial charge in [0.2, 0.25) is 0 Å². The molecule has 0 spiro atoms. The van der Waals surface area contributed by atoms with Crippen molar-refractivity contribution in [3.63, 3.8) is 0 Å². The van der Waals surface area contributed by atoms with Gasteiger partial charge in [-0.3, -0.25) is 0 Å². The van der Waals surface area contributed by atoms with Crippen LogP contribution < -0.4 is 11.5 Å². The molecule has 0 aromatic carbocycles. The fourth-order valence-electron chi connectivity index (χ4n) is 2.35. The third-order valence-electron chi connectivity index (χ3n) is 4.52. The summed E-state index contributed by atoms with van der Waals surface area (Å²) in [6.45, 7) is 20.0. The molecule has 4 rings (SSSR count). The van der Waals surface area contributed by atoms with Crippen LogP contribution in [-0.4, -0.2) is 57.2 Å². The van der Waals surface area contributed by atoms with Gasteiger partial charge in [0.05, 0.1) is 19.0 Å². The number of rotatable bonds is 6. The van der Waals surface area contributed by atoms with Gasteiger partial charge < -0.3 is 16.0 Å². The van der Waals surface area contributed by atoms with E-state index in [2.05, 4.69) is 66.9 Å². The highest BCUT2D eigenvalue weighted by atomic mass is 32.1. The number of hydrogen-bond acceptors (Lipinski definition) is 14. The molecule has 0 aliphatic heterocycles. The van der Waals surface area contributed by atoms with Gasteiger partial charge in [0.25, 0.3) is 0 Å². The van der Waals surface area contributed by atoms with E-state index in [1.165, 1.54) is 34.4 Å². The number of nitrogens with zero attached hydrogens (tertiary/aromatic N) is 9. The summed E-state index contributed by atoms with van der Waals surface area (Å²) in [5.74, 6) is 2.96. The zero-order valence-electron chi connectivity index (χ0n) is 24.4. The second-order valence-electron chi connectivity index (χ2n) is 10.2. The molecule has 0 unspecified atom stereocenters. The molecule has 0 amide bonds. The maximum atomic E-state index is 11.5. The van der Waals surface area contributed by atoms with Gasteiger partial charge in [0, 0.05) is 34.8 Å². The van der Waals surface area contributed by atoms with Crippen LogP contribution in [0.2, 0.25) is 0 Å². The topological polar surface area (TPSA) is 177 Å². The lowest BCUT2D eigenvalue weighted by Crippen LogP contribution is -2.00. The number of thiazole rings is 1. The Bertz CT molecular complexity index is 1200. The van der Waals surface area contributed by atoms with Gasteiger partial charge >= 0.3 is 0 Å². The molecule has 0 saturated carbocycles. The van der Waals surface area contributed by atoms with Gasteiger partial charge in [-0.05, 0) is 55.1 Å². The summed E-state index contributed by atoms with van der Waals surface area (Å²) < 4.78 is 21.4. The van der Waals surface area contributed by atoms with Crippen LogP contribution in [0.5, 0.6) is 0 Å². The monoisotopic (exact) mass is 695 g/mol. The first-order chi connectivity index (χ1) is 18.1. The van der Waals surface area contributed by atoms with E-state index in [4.69, 9.17) is 11.5 Å². The maximum absolute atomic E-state index is 11.5. The summed E-state index contributed by atoms with van der Waals surface area (Å²) in [5.41, 5.74) is 11.9. The van der Waals surface area contributed by atoms with Crippen LogP contribution in [0.15, 0.2) is 11.7 Å². The van der Waals surface area contributed by atoms with E-state index in [0.717, 1.165) is 22.4 Å². The Morgan fingerprint density at radius 1 is 0.773 bits per heavy atom. The molecule has 4 N–H and O–H groups in total. The van der Waals surface area contributed by atoms with Gasteiger partial charge in [0.15, 0.2) is 10.3 Å². The van der Waals surface area contributed by atoms with Gasteiger partial charge in [-0.25, -0.2) is 19.6 Å². The van der Waals surface area contributed by atoms with E-state index in [1.54, 1.807) is 24.3 Å². The Labute approximate surface area is 280 Å². The number of nitrogen functional groups attached to an aromatic ring is 2. The van der Waals surface area contributed by atoms with Crippen molar-refractivity contribution in [3.8, 4) is 0 Å². The average molecular weight is 696 g/mol. The third kappa shape index (κ3) is 21.4. The van der Waals surface area contributed by atoms with E-state index < -0.39 is 7.14 Å². The second-order valence-corrected chi connectivity index (χ2v) is 16.2. The highest BCUT2D eigenvalue weighted by Gasteiger charge is 2.14. The number of nitrogens with two attached hydrogens (primary N) is 2. The van der Waals surface area contributed by atoms with Gasteiger partial charge in [0.1, 0.15) is 23.0 Å². The molecule has 0 atom stereocenters. The van der Waals surface area contributed by atoms with Crippen LogP contribution in [0.1, 0.15) is 139 Å². The number of anilines is 2. The Balaban J connectivity index is -0.000000150. The zero-order chi connectivity index (χ0) is 29.8. The molecule has 0 aliphatic rings. The standard InChI is InChI=1S/C8H15N2OPS.C6H10N2S.C5H9N3S.C4H8N4.5CH4/c1-6(2)8-9-7(13-10-8)5-12(3,4)11;1-4(2)5-3-9-6(7)8-5;1-3(2)4-7-5(6)9-8-4;1-4(2)8-3-5-6-7-8;;;;;/h6H,5H2,1-4H3;3-4H,1-2H3,(H2,7,8);3H,1-2H3,(H2,6,7,8);3-4H,1-2H3;5*1H4. The minimum Gasteiger partial charge on any atom is -0.375 e. The minimum absolute atomic E-state index is 0. The zero-order valence-corrected chi connectivity index (χ0v) is 27.8. The van der Waals surface area contributed by atoms with E-state index in [-0.39, 0.29) is 37.1 Å². The first-order valence-electron chi connectivity index (χ1n) is 12.5. The lowest BCUT2D eigenvalue weighted by molar-refractivity contribution is 0.514. The molecule has 4 aromatic heterocycles. The summed E-state index contributed by atoms with van der Waals surface area (Å²) in [6.07, 6.45) is 2.18. The highest BCUT2D eigenvalue weighted by Crippen LogP contribution is 2.40. The number of tetrazole rings is 1. The first kappa shape index (κ1) is 51.2. The molecule has 12 nitrogen and oxygen atoms in total. The Morgan fingerprint density at radius 2 is 1.30 bits per heavy atom. The van der Waals surface area contributed by atoms with Crippen LogP contribution >= 0.6 is 41.5 Å². The average Bonchev–Trinajstić information content (AvgIpc) is 3.62. The molecule has 0 aliphatic carbocycles. The third-order valence-corrected chi connectivity index (χ3v) is 7.76. The van der Waals surface area contributed by atoms with Crippen molar-refractivity contribution in [1.29, 1.82) is 0 Å². The molecule has 4 heterocycles. The normalized spacial score (nSPS) is 9.86. The Kier molecular flexibility index (Phi) is 29.0. The predicted octanol–water partition coefficient (Wildman–Crippen LogP) is 9.31. The molecule has 0 radical (unpaired) electrons. The molecule has 4 aromatic rings. The summed E-state index contributed by atoms with van der Waals surface area (Å²) in [4.78, 5) is 12.4. The number of aromatic nitrogens is 9. The fraction of sp³-hybridized carbons (Fsp3) is 0.714.